The normalized spacial score (nSPS) is 24.7. The van der Waals surface area contributed by atoms with E-state index in [2.05, 4.69) is 65.2 Å². The number of amides is 3. The molecule has 3 aromatic heterocycles. The van der Waals surface area contributed by atoms with Gasteiger partial charge in [0.25, 0.3) is 5.91 Å². The maximum absolute atomic E-state index is 15.0. The highest BCUT2D eigenvalue weighted by atomic mass is 32.1. The van der Waals surface area contributed by atoms with Crippen LogP contribution in [0.5, 0.6) is 0 Å². The van der Waals surface area contributed by atoms with Crippen molar-refractivity contribution >= 4 is 46.1 Å². The molecule has 9 rings (SSSR count). The van der Waals surface area contributed by atoms with Crippen LogP contribution >= 0.6 is 11.3 Å². The van der Waals surface area contributed by atoms with Crippen LogP contribution in [-0.2, 0) is 48.0 Å². The molecule has 3 amide bonds. The van der Waals surface area contributed by atoms with E-state index in [9.17, 15) is 14.4 Å². The second kappa shape index (κ2) is 19.7. The maximum Gasteiger partial charge on any atom is 0.410 e. The zero-order valence-corrected chi connectivity index (χ0v) is 42.7. The minimum Gasteiger partial charge on any atom is -0.464 e. The summed E-state index contributed by atoms with van der Waals surface area (Å²) in [6.07, 6.45) is 8.94. The summed E-state index contributed by atoms with van der Waals surface area (Å²) >= 11 is 1.49. The lowest BCUT2D eigenvalue weighted by atomic mass is 9.84. The first kappa shape index (κ1) is 49.1. The molecule has 1 aromatic carbocycles. The molecule has 15 nitrogen and oxygen atoms in total. The zero-order valence-electron chi connectivity index (χ0n) is 41.9. The second-order valence-electron chi connectivity index (χ2n) is 22.1. The van der Waals surface area contributed by atoms with Crippen LogP contribution in [0.3, 0.4) is 0 Å². The number of nitrogens with one attached hydrogen (secondary N) is 2. The number of aryl methyl sites for hydroxylation is 1. The summed E-state index contributed by atoms with van der Waals surface area (Å²) in [5.74, 6) is -0.714. The molecule has 4 fully saturated rings. The smallest absolute Gasteiger partial charge is 0.410 e. The SMILES string of the molecule is CCn1c(-c2cccnc2[C@H](C)OC)c2c3cc(ccc31)-c1csc(n1)C[C@H](NC(=O)[C@H](C1CCCC1)N1CC[C@]3(CCN(C(=O)OC(C)(C)C)C3)C1)C(=O)N1CCC[C@H](N1)C(=O)OCC(C)(C)C2. The third kappa shape index (κ3) is 10.3. The van der Waals surface area contributed by atoms with Gasteiger partial charge in [0.2, 0.25) is 5.91 Å². The fraction of sp³-hybridized carbons (Fsp3) is 0.623. The fourth-order valence-electron chi connectivity index (χ4n) is 11.7. The van der Waals surface area contributed by atoms with Crippen LogP contribution in [0, 0.1) is 16.7 Å². The van der Waals surface area contributed by atoms with E-state index in [0.29, 0.717) is 45.4 Å². The minimum atomic E-state index is -0.940. The fourth-order valence-corrected chi connectivity index (χ4v) is 12.6. The van der Waals surface area contributed by atoms with Crippen molar-refractivity contribution in [3.63, 3.8) is 0 Å². The number of cyclic esters (lactones) is 1. The number of hydrazine groups is 1. The number of hydrogen-bond acceptors (Lipinski definition) is 12. The summed E-state index contributed by atoms with van der Waals surface area (Å²) in [5, 5.41) is 8.68. The Labute approximate surface area is 411 Å². The van der Waals surface area contributed by atoms with Crippen molar-refractivity contribution in [3.8, 4) is 22.5 Å². The van der Waals surface area contributed by atoms with Crippen molar-refractivity contribution in [2.75, 3.05) is 46.4 Å². The van der Waals surface area contributed by atoms with Gasteiger partial charge in [0.1, 0.15) is 17.7 Å². The summed E-state index contributed by atoms with van der Waals surface area (Å²) in [7, 11) is 1.70. The van der Waals surface area contributed by atoms with Gasteiger partial charge < -0.3 is 29.0 Å². The summed E-state index contributed by atoms with van der Waals surface area (Å²) in [4.78, 5) is 71.2. The molecule has 0 unspecified atom stereocenters. The van der Waals surface area contributed by atoms with Crippen LogP contribution < -0.4 is 10.7 Å². The largest absolute Gasteiger partial charge is 0.464 e. The highest BCUT2D eigenvalue weighted by Crippen LogP contribution is 2.44. The molecule has 69 heavy (non-hydrogen) atoms. The Morgan fingerprint density at radius 1 is 1.04 bits per heavy atom. The van der Waals surface area contributed by atoms with Crippen LogP contribution in [-0.4, -0.2) is 123 Å². The number of carbonyl (C=O) groups excluding carboxylic acids is 4. The van der Waals surface area contributed by atoms with Crippen molar-refractivity contribution in [3.05, 3.63) is 58.2 Å². The Kier molecular flexibility index (Phi) is 14.0. The number of methoxy groups -OCH3 is 1. The molecule has 2 N–H and O–H groups in total. The molecule has 3 saturated heterocycles. The van der Waals surface area contributed by atoms with Crippen LogP contribution in [0.1, 0.15) is 122 Å². The average Bonchev–Trinajstić information content (AvgIpc) is 4.20. The molecule has 372 valence electrons. The number of nitrogens with zero attached hydrogens (tertiary/aromatic N) is 6. The Morgan fingerprint density at radius 3 is 2.58 bits per heavy atom. The van der Waals surface area contributed by atoms with Gasteiger partial charge in [0, 0.05) is 90.7 Å². The van der Waals surface area contributed by atoms with Gasteiger partial charge in [-0.05, 0) is 122 Å². The second-order valence-corrected chi connectivity index (χ2v) is 23.1. The summed E-state index contributed by atoms with van der Waals surface area (Å²) in [6, 6.07) is 8.50. The molecule has 1 saturated carbocycles. The predicted octanol–water partition coefficient (Wildman–Crippen LogP) is 8.09. The molecule has 1 spiro atoms. The van der Waals surface area contributed by atoms with Gasteiger partial charge >= 0.3 is 12.1 Å². The summed E-state index contributed by atoms with van der Waals surface area (Å²) in [5.41, 5.74) is 8.94. The summed E-state index contributed by atoms with van der Waals surface area (Å²) < 4.78 is 20.1. The quantitative estimate of drug-likeness (QED) is 0.164. The van der Waals surface area contributed by atoms with Gasteiger partial charge in [-0.3, -0.25) is 29.3 Å². The molecule has 4 aliphatic heterocycles. The first-order chi connectivity index (χ1) is 32.9. The van der Waals surface area contributed by atoms with Gasteiger partial charge in [-0.25, -0.2) is 15.2 Å². The van der Waals surface area contributed by atoms with E-state index < -0.39 is 35.1 Å². The van der Waals surface area contributed by atoms with Crippen LogP contribution in [0.15, 0.2) is 41.9 Å². The molecular weight excluding hydrogens is 893 g/mol. The molecule has 4 aromatic rings. The molecule has 16 heteroatoms. The van der Waals surface area contributed by atoms with Crippen LogP contribution in [0.2, 0.25) is 0 Å². The topological polar surface area (TPSA) is 160 Å². The number of aromatic nitrogens is 3. The predicted molar refractivity (Wildman–Crippen MR) is 266 cm³/mol. The molecule has 0 radical (unpaired) electrons. The number of fused-ring (bicyclic) bond motifs is 6. The Hall–Kier alpha value is -4.90. The highest BCUT2D eigenvalue weighted by molar-refractivity contribution is 7.10. The number of rotatable bonds is 8. The van der Waals surface area contributed by atoms with Gasteiger partial charge in [0.05, 0.1) is 40.8 Å². The van der Waals surface area contributed by atoms with Crippen molar-refractivity contribution in [1.29, 1.82) is 0 Å². The van der Waals surface area contributed by atoms with Crippen molar-refractivity contribution in [2.24, 2.45) is 16.7 Å². The number of ether oxygens (including phenoxy) is 3. The zero-order chi connectivity index (χ0) is 48.8. The Bertz CT molecular complexity index is 2560. The molecule has 6 bridgehead atoms. The van der Waals surface area contributed by atoms with Crippen LogP contribution in [0.25, 0.3) is 33.4 Å². The molecular formula is C53H72N8O7S. The lowest BCUT2D eigenvalue weighted by molar-refractivity contribution is -0.155. The number of esters is 1. The third-order valence-electron chi connectivity index (χ3n) is 15.2. The van der Waals surface area contributed by atoms with Gasteiger partial charge in [-0.2, -0.15) is 0 Å². The van der Waals surface area contributed by atoms with E-state index >= 15 is 4.79 Å². The minimum absolute atomic E-state index is 0.119. The van der Waals surface area contributed by atoms with E-state index in [0.717, 1.165) is 101 Å². The van der Waals surface area contributed by atoms with Crippen molar-refractivity contribution < 1.29 is 33.4 Å². The first-order valence-corrected chi connectivity index (χ1v) is 26.2. The van der Waals surface area contributed by atoms with E-state index in [1.807, 2.05) is 50.2 Å². The van der Waals surface area contributed by atoms with Gasteiger partial charge in [-0.15, -0.1) is 11.3 Å². The third-order valence-corrected chi connectivity index (χ3v) is 16.1. The summed E-state index contributed by atoms with van der Waals surface area (Å²) in [6.45, 7) is 18.0. The number of benzene rings is 1. The number of likely N-dealkylation sites (tertiary alicyclic amines) is 2. The number of thiazole rings is 1. The Balaban J connectivity index is 1.05. The van der Waals surface area contributed by atoms with E-state index in [4.69, 9.17) is 24.2 Å². The highest BCUT2D eigenvalue weighted by Gasteiger charge is 2.50. The van der Waals surface area contributed by atoms with Gasteiger partial charge in [-0.1, -0.05) is 32.8 Å². The van der Waals surface area contributed by atoms with E-state index in [1.165, 1.54) is 16.3 Å². The van der Waals surface area contributed by atoms with E-state index in [1.54, 1.807) is 7.11 Å². The average molecular weight is 965 g/mol. The number of hydrogen-bond donors (Lipinski definition) is 2. The molecule has 5 atom stereocenters. The molecule has 5 aliphatic rings. The monoisotopic (exact) mass is 965 g/mol. The number of pyridine rings is 1. The van der Waals surface area contributed by atoms with Crippen LogP contribution in [0.4, 0.5) is 4.79 Å². The van der Waals surface area contributed by atoms with E-state index in [-0.39, 0.29) is 48.4 Å². The molecule has 7 heterocycles. The lowest BCUT2D eigenvalue weighted by Crippen LogP contribution is -2.62. The maximum atomic E-state index is 15.0. The van der Waals surface area contributed by atoms with Gasteiger partial charge in [0.15, 0.2) is 0 Å². The molecule has 1 aliphatic carbocycles. The first-order valence-electron chi connectivity index (χ1n) is 25.3. The lowest BCUT2D eigenvalue weighted by Gasteiger charge is -2.37. The van der Waals surface area contributed by atoms with Crippen molar-refractivity contribution in [1.82, 2.24) is 40.1 Å². The number of carbonyl (C=O) groups is 4. The Morgan fingerprint density at radius 2 is 1.83 bits per heavy atom. The van der Waals surface area contributed by atoms with Crippen molar-refractivity contribution in [2.45, 2.75) is 149 Å². The standard InChI is InChI=1S/C53H72N8O7S/c1-9-60-42-19-18-35-26-37(42)38(46(60)36-16-12-22-54-44(36)33(2)66-8)28-52(6,7)32-67-49(64)39-17-13-23-61(57-39)48(63)40(27-43-55-41(35)29-69-43)56-47(62)45(34-14-10-11-15-34)58-24-20-53(30-58)21-25-59(31-53)50(65)68-51(3,4)5/h12,16,18-19,22,26,29,33-34,39-40,45,57H,9-11,13-15,17,20-21,23-25,27-28,30-32H2,1-8H3,(H,56,62)/t33-,39-,40-,45-,53-/m0/s1.